The summed E-state index contributed by atoms with van der Waals surface area (Å²) in [5.41, 5.74) is 1.36. The quantitative estimate of drug-likeness (QED) is 0.865. The highest BCUT2D eigenvalue weighted by atomic mass is 35.5. The Kier molecular flexibility index (Phi) is 2.98. The molecule has 1 aromatic heterocycles. The van der Waals surface area contributed by atoms with Gasteiger partial charge in [-0.15, -0.1) is 0 Å². The number of hydrogen-bond donors (Lipinski definition) is 2. The molecule has 1 heterocycles. The van der Waals surface area contributed by atoms with E-state index < -0.39 is 6.67 Å². The molecule has 0 unspecified atom stereocenters. The van der Waals surface area contributed by atoms with Gasteiger partial charge in [0.25, 0.3) is 0 Å². The number of rotatable bonds is 2. The minimum Gasteiger partial charge on any atom is -0.494 e. The van der Waals surface area contributed by atoms with E-state index in [9.17, 15) is 14.6 Å². The fraction of sp³-hybridized carbons (Fsp3) is 0.167. The molecule has 0 saturated carbocycles. The Labute approximate surface area is 103 Å². The van der Waals surface area contributed by atoms with Crippen LogP contribution in [-0.4, -0.2) is 14.8 Å². The zero-order valence-electron chi connectivity index (χ0n) is 9.11. The highest BCUT2D eigenvalue weighted by Gasteiger charge is 2.17. The molecule has 17 heavy (non-hydrogen) atoms. The van der Waals surface area contributed by atoms with Crippen molar-refractivity contribution in [2.45, 2.75) is 13.6 Å². The van der Waals surface area contributed by atoms with Gasteiger partial charge in [0.15, 0.2) is 5.88 Å². The van der Waals surface area contributed by atoms with Gasteiger partial charge in [-0.25, -0.2) is 8.96 Å². The largest absolute Gasteiger partial charge is 0.494 e. The maximum absolute atomic E-state index is 12.6. The van der Waals surface area contributed by atoms with Crippen LogP contribution in [0.4, 0.5) is 4.39 Å². The monoisotopic (exact) mass is 255 g/mol. The van der Waals surface area contributed by atoms with Crippen LogP contribution in [0, 0.1) is 6.92 Å². The molecule has 0 bridgehead atoms. The molecule has 2 aromatic rings. The Hall–Kier alpha value is -1.68. The first-order valence-corrected chi connectivity index (χ1v) is 5.37. The third-order valence-corrected chi connectivity index (χ3v) is 2.84. The van der Waals surface area contributed by atoms with Crippen molar-refractivity contribution in [3.05, 3.63) is 40.4 Å². The number of benzene rings is 1. The topological polar surface area (TPSA) is 45.4 Å². The van der Waals surface area contributed by atoms with Gasteiger partial charge in [-0.2, -0.15) is 0 Å². The number of aromatic hydroxyl groups is 2. The molecule has 0 aliphatic rings. The summed E-state index contributed by atoms with van der Waals surface area (Å²) >= 11 is 5.99. The van der Waals surface area contributed by atoms with Crippen molar-refractivity contribution >= 4 is 11.6 Å². The Balaban J connectivity index is 2.68. The summed E-state index contributed by atoms with van der Waals surface area (Å²) < 4.78 is 13.7. The fourth-order valence-electron chi connectivity index (χ4n) is 1.67. The van der Waals surface area contributed by atoms with Crippen LogP contribution in [0.5, 0.6) is 11.8 Å². The van der Waals surface area contributed by atoms with Gasteiger partial charge in [-0.3, -0.25) is 0 Å². The summed E-state index contributed by atoms with van der Waals surface area (Å²) in [6.07, 6.45) is 0. The Morgan fingerprint density at radius 2 is 2.00 bits per heavy atom. The Morgan fingerprint density at radius 3 is 2.59 bits per heavy atom. The standard InChI is InChI=1S/C12H11ClFNO2/c1-7-2-3-9(13)10(4-7)15-11(16)5-8(6-14)12(15)17/h2-5,16-17H,6H2,1H3. The molecule has 2 rings (SSSR count). The molecule has 0 saturated heterocycles. The normalized spacial score (nSPS) is 10.8. The molecular weight excluding hydrogens is 245 g/mol. The van der Waals surface area contributed by atoms with Crippen LogP contribution in [0.3, 0.4) is 0 Å². The second kappa shape index (κ2) is 4.30. The number of aromatic nitrogens is 1. The van der Waals surface area contributed by atoms with Crippen molar-refractivity contribution in [1.29, 1.82) is 0 Å². The molecule has 5 heteroatoms. The number of alkyl halides is 1. The molecule has 3 nitrogen and oxygen atoms in total. The van der Waals surface area contributed by atoms with E-state index in [4.69, 9.17) is 11.6 Å². The predicted molar refractivity (Wildman–Crippen MR) is 63.7 cm³/mol. The number of aryl methyl sites for hydroxylation is 1. The van der Waals surface area contributed by atoms with Crippen molar-refractivity contribution in [2.75, 3.05) is 0 Å². The van der Waals surface area contributed by atoms with Crippen molar-refractivity contribution in [3.8, 4) is 17.4 Å². The van der Waals surface area contributed by atoms with Gasteiger partial charge in [0.2, 0.25) is 5.88 Å². The Bertz CT molecular complexity index is 566. The lowest BCUT2D eigenvalue weighted by Crippen LogP contribution is -1.95. The van der Waals surface area contributed by atoms with Gasteiger partial charge < -0.3 is 10.2 Å². The first-order chi connectivity index (χ1) is 8.04. The minimum absolute atomic E-state index is 0.0278. The van der Waals surface area contributed by atoms with Crippen LogP contribution < -0.4 is 0 Å². The first-order valence-electron chi connectivity index (χ1n) is 4.99. The molecule has 0 aliphatic heterocycles. The average molecular weight is 256 g/mol. The third kappa shape index (κ3) is 1.96. The molecule has 0 spiro atoms. The zero-order valence-corrected chi connectivity index (χ0v) is 9.87. The number of nitrogens with zero attached hydrogens (tertiary/aromatic N) is 1. The van der Waals surface area contributed by atoms with Gasteiger partial charge in [0.05, 0.1) is 10.7 Å². The maximum atomic E-state index is 12.6. The van der Waals surface area contributed by atoms with Crippen LogP contribution >= 0.6 is 11.6 Å². The van der Waals surface area contributed by atoms with Crippen LogP contribution in [-0.2, 0) is 6.67 Å². The summed E-state index contributed by atoms with van der Waals surface area (Å²) in [5, 5.41) is 19.8. The van der Waals surface area contributed by atoms with Crippen molar-refractivity contribution < 1.29 is 14.6 Å². The van der Waals surface area contributed by atoms with Crippen LogP contribution in [0.1, 0.15) is 11.1 Å². The van der Waals surface area contributed by atoms with Crippen LogP contribution in [0.25, 0.3) is 5.69 Å². The molecule has 0 aliphatic carbocycles. The van der Waals surface area contributed by atoms with Crippen molar-refractivity contribution in [1.82, 2.24) is 4.57 Å². The molecule has 1 aromatic carbocycles. The molecular formula is C12H11ClFNO2. The van der Waals surface area contributed by atoms with E-state index in [-0.39, 0.29) is 17.3 Å². The molecule has 2 N–H and O–H groups in total. The summed E-state index contributed by atoms with van der Waals surface area (Å²) in [6.45, 7) is 1.00. The van der Waals surface area contributed by atoms with E-state index in [1.165, 1.54) is 6.07 Å². The van der Waals surface area contributed by atoms with Gasteiger partial charge in [0, 0.05) is 11.6 Å². The number of halogens is 2. The van der Waals surface area contributed by atoms with E-state index in [2.05, 4.69) is 0 Å². The van der Waals surface area contributed by atoms with Gasteiger partial charge in [-0.05, 0) is 24.6 Å². The second-order valence-electron chi connectivity index (χ2n) is 3.78. The van der Waals surface area contributed by atoms with E-state index in [1.807, 2.05) is 6.92 Å². The average Bonchev–Trinajstić information content (AvgIpc) is 2.58. The highest BCUT2D eigenvalue weighted by molar-refractivity contribution is 6.32. The van der Waals surface area contributed by atoms with Crippen LogP contribution in [0.15, 0.2) is 24.3 Å². The van der Waals surface area contributed by atoms with E-state index in [1.54, 1.807) is 18.2 Å². The molecule has 90 valence electrons. The van der Waals surface area contributed by atoms with E-state index >= 15 is 0 Å². The van der Waals surface area contributed by atoms with E-state index in [0.29, 0.717) is 10.7 Å². The third-order valence-electron chi connectivity index (χ3n) is 2.52. The zero-order chi connectivity index (χ0) is 12.6. The predicted octanol–water partition coefficient (Wildman–Crippen LogP) is 3.32. The summed E-state index contributed by atoms with van der Waals surface area (Å²) in [5.74, 6) is -0.583. The van der Waals surface area contributed by atoms with Crippen LogP contribution in [0.2, 0.25) is 5.02 Å². The first kappa shape index (κ1) is 11.8. The van der Waals surface area contributed by atoms with Crippen molar-refractivity contribution in [3.63, 3.8) is 0 Å². The second-order valence-corrected chi connectivity index (χ2v) is 4.18. The SMILES string of the molecule is Cc1ccc(Cl)c(-n2c(O)cc(CF)c2O)c1. The van der Waals surface area contributed by atoms with Crippen molar-refractivity contribution in [2.24, 2.45) is 0 Å². The fourth-order valence-corrected chi connectivity index (χ4v) is 1.87. The van der Waals surface area contributed by atoms with E-state index in [0.717, 1.165) is 10.1 Å². The lowest BCUT2D eigenvalue weighted by molar-refractivity contribution is 0.393. The lowest BCUT2D eigenvalue weighted by atomic mass is 10.2. The molecule has 0 radical (unpaired) electrons. The van der Waals surface area contributed by atoms with Gasteiger partial charge >= 0.3 is 0 Å². The Morgan fingerprint density at radius 1 is 1.29 bits per heavy atom. The summed E-state index contributed by atoms with van der Waals surface area (Å²) in [7, 11) is 0. The number of hydrogen-bond acceptors (Lipinski definition) is 2. The van der Waals surface area contributed by atoms with Gasteiger partial charge in [0.1, 0.15) is 6.67 Å². The maximum Gasteiger partial charge on any atom is 0.204 e. The minimum atomic E-state index is -0.851. The lowest BCUT2D eigenvalue weighted by Gasteiger charge is -2.10. The molecule has 0 atom stereocenters. The van der Waals surface area contributed by atoms with Gasteiger partial charge in [-0.1, -0.05) is 17.7 Å². The molecule has 0 fully saturated rings. The molecule has 0 amide bonds. The summed E-state index contributed by atoms with van der Waals surface area (Å²) in [4.78, 5) is 0. The smallest absolute Gasteiger partial charge is 0.204 e. The highest BCUT2D eigenvalue weighted by Crippen LogP contribution is 2.35. The summed E-state index contributed by atoms with van der Waals surface area (Å²) in [6, 6.07) is 6.33.